The van der Waals surface area contributed by atoms with Gasteiger partial charge in [-0.05, 0) is 32.4 Å². The number of aromatic nitrogens is 3. The van der Waals surface area contributed by atoms with Gasteiger partial charge in [0.15, 0.2) is 11.0 Å². The Hall–Kier alpha value is -2.54. The Bertz CT molecular complexity index is 902. The maximum absolute atomic E-state index is 12.8. The topological polar surface area (TPSA) is 64.2 Å². The third kappa shape index (κ3) is 4.42. The minimum absolute atomic E-state index is 0.0860. The SMILES string of the molecule is Cc1occc1-c1nnc(SCC(=O)N(Cc2ccccc2)C(C)C)n1C. The van der Waals surface area contributed by atoms with Crippen molar-refractivity contribution in [1.29, 1.82) is 0 Å². The summed E-state index contributed by atoms with van der Waals surface area (Å²) in [4.78, 5) is 14.7. The smallest absolute Gasteiger partial charge is 0.233 e. The molecule has 1 amide bonds. The summed E-state index contributed by atoms with van der Waals surface area (Å²) in [5.74, 6) is 1.94. The first-order valence-electron chi connectivity index (χ1n) is 8.87. The van der Waals surface area contributed by atoms with E-state index in [0.29, 0.717) is 17.5 Å². The molecule has 2 heterocycles. The largest absolute Gasteiger partial charge is 0.469 e. The van der Waals surface area contributed by atoms with Crippen LogP contribution in [0.4, 0.5) is 0 Å². The molecular formula is C20H24N4O2S. The number of rotatable bonds is 7. The molecular weight excluding hydrogens is 360 g/mol. The number of aryl methyl sites for hydroxylation is 1. The zero-order valence-corrected chi connectivity index (χ0v) is 16.9. The molecule has 0 radical (unpaired) electrons. The first-order chi connectivity index (χ1) is 13.0. The summed E-state index contributed by atoms with van der Waals surface area (Å²) in [5, 5.41) is 9.20. The van der Waals surface area contributed by atoms with Crippen LogP contribution in [-0.4, -0.2) is 37.4 Å². The lowest BCUT2D eigenvalue weighted by Gasteiger charge is -2.26. The minimum atomic E-state index is 0.0860. The summed E-state index contributed by atoms with van der Waals surface area (Å²) in [6.45, 7) is 6.57. The molecule has 0 aliphatic carbocycles. The van der Waals surface area contributed by atoms with Crippen molar-refractivity contribution in [2.45, 2.75) is 38.5 Å². The van der Waals surface area contributed by atoms with Crippen molar-refractivity contribution in [3.8, 4) is 11.4 Å². The van der Waals surface area contributed by atoms with E-state index >= 15 is 0 Å². The number of amides is 1. The highest BCUT2D eigenvalue weighted by molar-refractivity contribution is 7.99. The standard InChI is InChI=1S/C20H24N4O2S/c1-14(2)24(12-16-8-6-5-7-9-16)18(25)13-27-20-22-21-19(23(20)4)17-10-11-26-15(17)3/h5-11,14H,12-13H2,1-4H3. The van der Waals surface area contributed by atoms with Gasteiger partial charge >= 0.3 is 0 Å². The van der Waals surface area contributed by atoms with Gasteiger partial charge in [-0.1, -0.05) is 42.1 Å². The number of furan rings is 1. The molecule has 0 unspecified atom stereocenters. The van der Waals surface area contributed by atoms with Gasteiger partial charge < -0.3 is 13.9 Å². The van der Waals surface area contributed by atoms with Crippen molar-refractivity contribution in [2.24, 2.45) is 7.05 Å². The molecule has 6 nitrogen and oxygen atoms in total. The van der Waals surface area contributed by atoms with E-state index in [2.05, 4.69) is 10.2 Å². The Morgan fingerprint density at radius 2 is 1.96 bits per heavy atom. The molecule has 3 aromatic rings. The molecule has 0 saturated carbocycles. The monoisotopic (exact) mass is 384 g/mol. The first-order valence-corrected chi connectivity index (χ1v) is 9.86. The number of benzene rings is 1. The molecule has 0 aliphatic heterocycles. The second-order valence-electron chi connectivity index (χ2n) is 6.65. The summed E-state index contributed by atoms with van der Waals surface area (Å²) in [6, 6.07) is 12.0. The highest BCUT2D eigenvalue weighted by Gasteiger charge is 2.20. The second kappa shape index (κ2) is 8.43. The van der Waals surface area contributed by atoms with E-state index in [1.165, 1.54) is 11.8 Å². The van der Waals surface area contributed by atoms with Gasteiger partial charge in [0.25, 0.3) is 0 Å². The maximum Gasteiger partial charge on any atom is 0.233 e. The van der Waals surface area contributed by atoms with Crippen LogP contribution < -0.4 is 0 Å². The number of carbonyl (C=O) groups is 1. The van der Waals surface area contributed by atoms with Crippen LogP contribution in [-0.2, 0) is 18.4 Å². The van der Waals surface area contributed by atoms with Crippen molar-refractivity contribution < 1.29 is 9.21 Å². The van der Waals surface area contributed by atoms with E-state index in [0.717, 1.165) is 22.7 Å². The molecule has 3 rings (SSSR count). The van der Waals surface area contributed by atoms with Gasteiger partial charge in [0, 0.05) is 19.6 Å². The number of nitrogens with zero attached hydrogens (tertiary/aromatic N) is 4. The van der Waals surface area contributed by atoms with Gasteiger partial charge in [0.1, 0.15) is 5.76 Å². The number of carbonyl (C=O) groups excluding carboxylic acids is 1. The maximum atomic E-state index is 12.8. The molecule has 0 fully saturated rings. The van der Waals surface area contributed by atoms with Gasteiger partial charge in [0.2, 0.25) is 5.91 Å². The Kier molecular flexibility index (Phi) is 6.01. The molecule has 0 bridgehead atoms. The zero-order chi connectivity index (χ0) is 19.4. The van der Waals surface area contributed by atoms with E-state index in [9.17, 15) is 4.79 Å². The minimum Gasteiger partial charge on any atom is -0.469 e. The Balaban J connectivity index is 1.67. The Morgan fingerprint density at radius 1 is 1.22 bits per heavy atom. The van der Waals surface area contributed by atoms with E-state index in [1.54, 1.807) is 6.26 Å². The van der Waals surface area contributed by atoms with E-state index in [-0.39, 0.29) is 11.9 Å². The predicted octanol–water partition coefficient (Wildman–Crippen LogP) is 3.91. The molecule has 1 aromatic carbocycles. The van der Waals surface area contributed by atoms with Gasteiger partial charge in [-0.25, -0.2) is 0 Å². The van der Waals surface area contributed by atoms with Crippen molar-refractivity contribution in [3.63, 3.8) is 0 Å². The fourth-order valence-electron chi connectivity index (χ4n) is 2.84. The highest BCUT2D eigenvalue weighted by atomic mass is 32.2. The molecule has 0 aliphatic rings. The summed E-state index contributed by atoms with van der Waals surface area (Å²) in [5.41, 5.74) is 2.04. The lowest BCUT2D eigenvalue weighted by Crippen LogP contribution is -2.37. The van der Waals surface area contributed by atoms with Crippen LogP contribution in [0.2, 0.25) is 0 Å². The Labute approximate surface area is 163 Å². The van der Waals surface area contributed by atoms with Crippen molar-refractivity contribution in [3.05, 3.63) is 54.0 Å². The van der Waals surface area contributed by atoms with Gasteiger partial charge in [0.05, 0.1) is 17.6 Å². The number of thioether (sulfide) groups is 1. The van der Waals surface area contributed by atoms with Gasteiger partial charge in [-0.2, -0.15) is 0 Å². The number of hydrogen-bond donors (Lipinski definition) is 0. The Morgan fingerprint density at radius 3 is 2.59 bits per heavy atom. The molecule has 142 valence electrons. The normalized spacial score (nSPS) is 11.1. The van der Waals surface area contributed by atoms with Crippen LogP contribution >= 0.6 is 11.8 Å². The van der Waals surface area contributed by atoms with Crippen LogP contribution in [0.1, 0.15) is 25.2 Å². The summed E-state index contributed by atoms with van der Waals surface area (Å²) >= 11 is 1.40. The van der Waals surface area contributed by atoms with Crippen LogP contribution in [0.25, 0.3) is 11.4 Å². The van der Waals surface area contributed by atoms with Gasteiger partial charge in [-0.15, -0.1) is 10.2 Å². The summed E-state index contributed by atoms with van der Waals surface area (Å²) in [6.07, 6.45) is 1.64. The quantitative estimate of drug-likeness (QED) is 0.578. The molecule has 0 saturated heterocycles. The van der Waals surface area contributed by atoms with Crippen molar-refractivity contribution in [2.75, 3.05) is 5.75 Å². The molecule has 27 heavy (non-hydrogen) atoms. The van der Waals surface area contributed by atoms with E-state index < -0.39 is 0 Å². The van der Waals surface area contributed by atoms with Crippen LogP contribution in [0.3, 0.4) is 0 Å². The third-order valence-electron chi connectivity index (χ3n) is 4.40. The van der Waals surface area contributed by atoms with Crippen molar-refractivity contribution >= 4 is 17.7 Å². The van der Waals surface area contributed by atoms with Crippen LogP contribution in [0.5, 0.6) is 0 Å². The zero-order valence-electron chi connectivity index (χ0n) is 16.0. The average Bonchev–Trinajstić information content (AvgIpc) is 3.23. The van der Waals surface area contributed by atoms with Crippen molar-refractivity contribution in [1.82, 2.24) is 19.7 Å². The summed E-state index contributed by atoms with van der Waals surface area (Å²) < 4.78 is 7.24. The molecule has 0 N–H and O–H groups in total. The fraction of sp³-hybridized carbons (Fsp3) is 0.350. The van der Waals surface area contributed by atoms with Crippen LogP contribution in [0, 0.1) is 6.92 Å². The fourth-order valence-corrected chi connectivity index (χ4v) is 3.64. The summed E-state index contributed by atoms with van der Waals surface area (Å²) in [7, 11) is 1.90. The van der Waals surface area contributed by atoms with E-state index in [1.807, 2.05) is 73.7 Å². The molecule has 0 atom stereocenters. The predicted molar refractivity (Wildman–Crippen MR) is 106 cm³/mol. The first kappa shape index (κ1) is 19.2. The lowest BCUT2D eigenvalue weighted by atomic mass is 10.2. The molecule has 0 spiro atoms. The number of hydrogen-bond acceptors (Lipinski definition) is 5. The molecule has 7 heteroatoms. The van der Waals surface area contributed by atoms with E-state index in [4.69, 9.17) is 4.42 Å². The third-order valence-corrected chi connectivity index (χ3v) is 5.40. The average molecular weight is 385 g/mol. The van der Waals surface area contributed by atoms with Crippen LogP contribution in [0.15, 0.2) is 52.2 Å². The highest BCUT2D eigenvalue weighted by Crippen LogP contribution is 2.26. The molecule has 2 aromatic heterocycles. The second-order valence-corrected chi connectivity index (χ2v) is 7.59. The lowest BCUT2D eigenvalue weighted by molar-refractivity contribution is -0.130. The van der Waals surface area contributed by atoms with Gasteiger partial charge in [-0.3, -0.25) is 4.79 Å².